The number of benzene rings is 2. The van der Waals surface area contributed by atoms with Crippen molar-refractivity contribution in [2.45, 2.75) is 44.3 Å². The zero-order chi connectivity index (χ0) is 22.8. The molecule has 0 saturated heterocycles. The average molecular weight is 445 g/mol. The van der Waals surface area contributed by atoms with Gasteiger partial charge in [0, 0.05) is 12.5 Å². The molecule has 1 fully saturated rings. The molecule has 0 aromatic heterocycles. The Morgan fingerprint density at radius 2 is 1.91 bits per heavy atom. The van der Waals surface area contributed by atoms with Crippen molar-refractivity contribution in [3.63, 3.8) is 0 Å². The van der Waals surface area contributed by atoms with Gasteiger partial charge in [-0.2, -0.15) is 5.10 Å². The minimum Gasteiger partial charge on any atom is -0.496 e. The van der Waals surface area contributed by atoms with Gasteiger partial charge >= 0.3 is 0 Å². The Kier molecular flexibility index (Phi) is 5.81. The van der Waals surface area contributed by atoms with E-state index < -0.39 is 0 Å². The van der Waals surface area contributed by atoms with Gasteiger partial charge in [0.15, 0.2) is 0 Å². The zero-order valence-electron chi connectivity index (χ0n) is 18.6. The van der Waals surface area contributed by atoms with Crippen molar-refractivity contribution in [2.24, 2.45) is 26.7 Å². The maximum atomic E-state index is 12.6. The number of aliphatic imine (C=N–C) groups is 2. The molecule has 0 bridgehead atoms. The van der Waals surface area contributed by atoms with Crippen LogP contribution in [-0.4, -0.2) is 42.1 Å². The van der Waals surface area contributed by atoms with Crippen LogP contribution in [0.25, 0.3) is 0 Å². The first kappa shape index (κ1) is 21.2. The lowest BCUT2D eigenvalue weighted by molar-refractivity contribution is 0.0948. The fraction of sp³-hybridized carbons (Fsp3) is 0.360. The molecule has 5 rings (SSSR count). The Balaban J connectivity index is 1.31. The molecule has 2 aliphatic heterocycles. The SMILES string of the molecule is COc1ccccc1C(=O)NCc1ccc(C2N=C(C3CCCC3)N3N=CN=C(N)C23)cc1. The molecule has 3 aliphatic rings. The topological polar surface area (TPSA) is 105 Å². The number of para-hydroxylation sites is 1. The number of amides is 1. The van der Waals surface area contributed by atoms with Crippen LogP contribution in [0.4, 0.5) is 0 Å². The van der Waals surface area contributed by atoms with Crippen molar-refractivity contribution in [1.29, 1.82) is 0 Å². The number of methoxy groups -OCH3 is 1. The fourth-order valence-electron chi connectivity index (χ4n) is 4.87. The number of nitrogens with one attached hydrogen (secondary N) is 1. The van der Waals surface area contributed by atoms with Crippen LogP contribution < -0.4 is 15.8 Å². The molecule has 170 valence electrons. The summed E-state index contributed by atoms with van der Waals surface area (Å²) in [7, 11) is 1.56. The molecule has 2 atom stereocenters. The summed E-state index contributed by atoms with van der Waals surface area (Å²) in [5.74, 6) is 2.40. The number of carbonyl (C=O) groups excluding carboxylic acids is 1. The van der Waals surface area contributed by atoms with Gasteiger partial charge < -0.3 is 15.8 Å². The third kappa shape index (κ3) is 4.08. The summed E-state index contributed by atoms with van der Waals surface area (Å²) >= 11 is 0. The van der Waals surface area contributed by atoms with E-state index in [1.165, 1.54) is 19.2 Å². The predicted molar refractivity (Wildman–Crippen MR) is 128 cm³/mol. The highest BCUT2D eigenvalue weighted by Crippen LogP contribution is 2.38. The number of hydrogen-bond acceptors (Lipinski definition) is 7. The predicted octanol–water partition coefficient (Wildman–Crippen LogP) is 3.25. The summed E-state index contributed by atoms with van der Waals surface area (Å²) in [5.41, 5.74) is 8.87. The lowest BCUT2D eigenvalue weighted by Crippen LogP contribution is -2.46. The monoisotopic (exact) mass is 444 g/mol. The van der Waals surface area contributed by atoms with E-state index in [2.05, 4.69) is 27.5 Å². The Labute approximate surface area is 193 Å². The first-order chi connectivity index (χ1) is 16.2. The van der Waals surface area contributed by atoms with E-state index in [0.29, 0.717) is 29.6 Å². The van der Waals surface area contributed by atoms with Crippen LogP contribution >= 0.6 is 0 Å². The summed E-state index contributed by atoms with van der Waals surface area (Å²) < 4.78 is 5.28. The molecule has 2 heterocycles. The second kappa shape index (κ2) is 9.05. The molecule has 1 amide bonds. The maximum Gasteiger partial charge on any atom is 0.255 e. The van der Waals surface area contributed by atoms with Gasteiger partial charge in [-0.1, -0.05) is 49.2 Å². The summed E-state index contributed by atoms with van der Waals surface area (Å²) in [4.78, 5) is 21.9. The number of ether oxygens (including phenoxy) is 1. The summed E-state index contributed by atoms with van der Waals surface area (Å²) in [6.45, 7) is 0.419. The first-order valence-corrected chi connectivity index (χ1v) is 11.4. The largest absolute Gasteiger partial charge is 0.496 e. The number of fused-ring (bicyclic) bond motifs is 1. The number of hydrazone groups is 1. The van der Waals surface area contributed by atoms with Crippen LogP contribution in [0.5, 0.6) is 5.75 Å². The number of nitrogens with zero attached hydrogens (tertiary/aromatic N) is 4. The van der Waals surface area contributed by atoms with E-state index in [-0.39, 0.29) is 18.0 Å². The van der Waals surface area contributed by atoms with Gasteiger partial charge in [0.1, 0.15) is 35.8 Å². The van der Waals surface area contributed by atoms with Crippen molar-refractivity contribution in [3.05, 3.63) is 65.2 Å². The van der Waals surface area contributed by atoms with Crippen LogP contribution in [0.3, 0.4) is 0 Å². The minimum absolute atomic E-state index is 0.140. The van der Waals surface area contributed by atoms with Gasteiger partial charge in [0.2, 0.25) is 0 Å². The Hall–Kier alpha value is -3.68. The summed E-state index contributed by atoms with van der Waals surface area (Å²) in [6.07, 6.45) is 6.27. The van der Waals surface area contributed by atoms with Crippen LogP contribution in [0.15, 0.2) is 63.6 Å². The highest BCUT2D eigenvalue weighted by atomic mass is 16.5. The van der Waals surface area contributed by atoms with Crippen molar-refractivity contribution in [2.75, 3.05) is 7.11 Å². The number of rotatable bonds is 6. The van der Waals surface area contributed by atoms with Crippen molar-refractivity contribution >= 4 is 23.9 Å². The van der Waals surface area contributed by atoms with Gasteiger partial charge in [-0.05, 0) is 36.1 Å². The fourth-order valence-corrected chi connectivity index (χ4v) is 4.87. The van der Waals surface area contributed by atoms with Crippen LogP contribution in [0.2, 0.25) is 0 Å². The second-order valence-corrected chi connectivity index (χ2v) is 8.61. The van der Waals surface area contributed by atoms with E-state index in [1.54, 1.807) is 19.2 Å². The highest BCUT2D eigenvalue weighted by Gasteiger charge is 2.43. The first-order valence-electron chi connectivity index (χ1n) is 11.4. The van der Waals surface area contributed by atoms with E-state index in [0.717, 1.165) is 29.8 Å². The lowest BCUT2D eigenvalue weighted by Gasteiger charge is -2.29. The number of amidine groups is 2. The Morgan fingerprint density at radius 3 is 2.67 bits per heavy atom. The van der Waals surface area contributed by atoms with Crippen LogP contribution in [0.1, 0.15) is 53.2 Å². The van der Waals surface area contributed by atoms with Gasteiger partial charge in [-0.3, -0.25) is 9.79 Å². The number of carbonyl (C=O) groups is 1. The van der Waals surface area contributed by atoms with Crippen molar-refractivity contribution < 1.29 is 9.53 Å². The maximum absolute atomic E-state index is 12.6. The molecule has 33 heavy (non-hydrogen) atoms. The zero-order valence-corrected chi connectivity index (χ0v) is 18.6. The Bertz CT molecular complexity index is 1120. The molecule has 2 aromatic carbocycles. The smallest absolute Gasteiger partial charge is 0.255 e. The minimum atomic E-state index is -0.179. The quantitative estimate of drug-likeness (QED) is 0.713. The molecule has 8 nitrogen and oxygen atoms in total. The van der Waals surface area contributed by atoms with Gasteiger partial charge in [-0.15, -0.1) is 0 Å². The number of hydrogen-bond donors (Lipinski definition) is 2. The van der Waals surface area contributed by atoms with E-state index in [1.807, 2.05) is 29.3 Å². The summed E-state index contributed by atoms with van der Waals surface area (Å²) in [5, 5.41) is 9.44. The highest BCUT2D eigenvalue weighted by molar-refractivity contribution is 6.01. The molecular formula is C25H28N6O2. The third-order valence-corrected chi connectivity index (χ3v) is 6.60. The van der Waals surface area contributed by atoms with Crippen molar-refractivity contribution in [1.82, 2.24) is 10.3 Å². The lowest BCUT2D eigenvalue weighted by atomic mass is 9.98. The molecule has 2 unspecified atom stereocenters. The summed E-state index contributed by atoms with van der Waals surface area (Å²) in [6, 6.07) is 15.0. The molecular weight excluding hydrogens is 416 g/mol. The van der Waals surface area contributed by atoms with Crippen LogP contribution in [0, 0.1) is 5.92 Å². The molecule has 3 N–H and O–H groups in total. The van der Waals surface area contributed by atoms with E-state index in [4.69, 9.17) is 15.5 Å². The molecule has 1 saturated carbocycles. The Morgan fingerprint density at radius 1 is 1.15 bits per heavy atom. The van der Waals surface area contributed by atoms with E-state index in [9.17, 15) is 4.79 Å². The van der Waals surface area contributed by atoms with Crippen molar-refractivity contribution in [3.8, 4) is 5.75 Å². The average Bonchev–Trinajstić information content (AvgIpc) is 3.51. The number of nitrogens with two attached hydrogens (primary N) is 1. The van der Waals surface area contributed by atoms with Gasteiger partial charge in [0.05, 0.1) is 12.7 Å². The standard InChI is InChI=1S/C25H28N6O2/c1-33-20-9-5-4-8-19(20)25(32)27-14-16-10-12-17(13-11-16)21-22-23(26)28-15-29-31(22)24(30-21)18-6-2-3-7-18/h4-5,8-13,15,18,21-22H,2-3,6-7,14H2,1H3,(H,27,32)(H2,26,28,29). The molecule has 8 heteroatoms. The third-order valence-electron chi connectivity index (χ3n) is 6.60. The molecule has 0 radical (unpaired) electrons. The molecule has 1 aliphatic carbocycles. The van der Waals surface area contributed by atoms with Gasteiger partial charge in [-0.25, -0.2) is 10.0 Å². The van der Waals surface area contributed by atoms with Crippen LogP contribution in [-0.2, 0) is 6.54 Å². The second-order valence-electron chi connectivity index (χ2n) is 8.61. The van der Waals surface area contributed by atoms with E-state index >= 15 is 0 Å². The van der Waals surface area contributed by atoms with Gasteiger partial charge in [0.25, 0.3) is 5.91 Å². The normalized spacial score (nSPS) is 22.0. The molecule has 2 aromatic rings. The molecule has 0 spiro atoms.